The van der Waals surface area contributed by atoms with Crippen LogP contribution in [-0.2, 0) is 14.8 Å². The van der Waals surface area contributed by atoms with Crippen molar-refractivity contribution in [1.82, 2.24) is 4.31 Å². The van der Waals surface area contributed by atoms with Crippen molar-refractivity contribution in [1.29, 1.82) is 0 Å². The molecule has 1 fully saturated rings. The SMILES string of the molecule is Cc1cc(Br)c(S(=O)(=O)N2C[C@@H](C)[C@H](C(=O)O)C2)cc1Br. The molecule has 0 saturated carbocycles. The fourth-order valence-corrected chi connectivity index (χ4v) is 5.61. The second-order valence-corrected chi connectivity index (χ2v) is 8.89. The highest BCUT2D eigenvalue weighted by molar-refractivity contribution is 9.11. The van der Waals surface area contributed by atoms with Crippen LogP contribution in [0.5, 0.6) is 0 Å². The molecule has 0 amide bonds. The third-order valence-corrected chi connectivity index (χ3v) is 7.37. The highest BCUT2D eigenvalue weighted by Crippen LogP contribution is 2.34. The van der Waals surface area contributed by atoms with E-state index in [4.69, 9.17) is 5.11 Å². The lowest BCUT2D eigenvalue weighted by atomic mass is 9.99. The van der Waals surface area contributed by atoms with Gasteiger partial charge in [0.25, 0.3) is 0 Å². The number of benzene rings is 1. The Hall–Kier alpha value is -0.440. The van der Waals surface area contributed by atoms with Gasteiger partial charge in [-0.15, -0.1) is 0 Å². The zero-order valence-electron chi connectivity index (χ0n) is 11.5. The maximum Gasteiger partial charge on any atom is 0.308 e. The van der Waals surface area contributed by atoms with Crippen LogP contribution >= 0.6 is 31.9 Å². The van der Waals surface area contributed by atoms with E-state index in [0.717, 1.165) is 5.56 Å². The Morgan fingerprint density at radius 3 is 2.43 bits per heavy atom. The third-order valence-electron chi connectivity index (χ3n) is 3.73. The number of hydrogen-bond donors (Lipinski definition) is 1. The molecular weight excluding hydrogens is 426 g/mol. The van der Waals surface area contributed by atoms with Crippen LogP contribution < -0.4 is 0 Å². The molecule has 0 aromatic heterocycles. The second kappa shape index (κ2) is 5.98. The molecule has 1 saturated heterocycles. The summed E-state index contributed by atoms with van der Waals surface area (Å²) >= 11 is 6.61. The average Bonchev–Trinajstić information content (AvgIpc) is 2.76. The summed E-state index contributed by atoms with van der Waals surface area (Å²) in [5.41, 5.74) is 0.916. The van der Waals surface area contributed by atoms with E-state index in [1.54, 1.807) is 19.1 Å². The Morgan fingerprint density at radius 2 is 1.90 bits per heavy atom. The first-order chi connectivity index (χ1) is 9.64. The summed E-state index contributed by atoms with van der Waals surface area (Å²) in [4.78, 5) is 11.3. The van der Waals surface area contributed by atoms with E-state index in [9.17, 15) is 13.2 Å². The lowest BCUT2D eigenvalue weighted by Crippen LogP contribution is -2.30. The Kier molecular flexibility index (Phi) is 4.82. The topological polar surface area (TPSA) is 74.7 Å². The number of sulfonamides is 1. The molecule has 1 aliphatic rings. The molecule has 0 aliphatic carbocycles. The van der Waals surface area contributed by atoms with Crippen molar-refractivity contribution in [2.75, 3.05) is 13.1 Å². The van der Waals surface area contributed by atoms with Crippen molar-refractivity contribution >= 4 is 47.9 Å². The van der Waals surface area contributed by atoms with Crippen LogP contribution in [0.1, 0.15) is 12.5 Å². The second-order valence-electron chi connectivity index (χ2n) is 5.28. The predicted octanol–water partition coefficient (Wildman–Crippen LogP) is 2.86. The van der Waals surface area contributed by atoms with Gasteiger partial charge in [0.05, 0.1) is 10.8 Å². The number of aryl methyl sites for hydroxylation is 1. The van der Waals surface area contributed by atoms with E-state index in [1.807, 2.05) is 6.92 Å². The molecule has 1 aromatic carbocycles. The van der Waals surface area contributed by atoms with Crippen LogP contribution in [0.4, 0.5) is 0 Å². The van der Waals surface area contributed by atoms with Gasteiger partial charge in [-0.05, 0) is 46.5 Å². The number of carboxylic acid groups (broad SMARTS) is 1. The smallest absolute Gasteiger partial charge is 0.308 e. The standard InChI is InChI=1S/C13H15Br2NO4S/c1-7-3-11(15)12(4-10(7)14)21(19,20)16-5-8(2)9(6-16)13(17)18/h3-4,8-9H,5-6H2,1-2H3,(H,17,18)/t8-,9-/m1/s1. The average molecular weight is 441 g/mol. The molecule has 1 N–H and O–H groups in total. The molecular formula is C13H15Br2NO4S. The largest absolute Gasteiger partial charge is 0.481 e. The maximum absolute atomic E-state index is 12.7. The Bertz CT molecular complexity index is 690. The van der Waals surface area contributed by atoms with Crippen molar-refractivity contribution in [3.05, 3.63) is 26.6 Å². The highest BCUT2D eigenvalue weighted by atomic mass is 79.9. The van der Waals surface area contributed by atoms with Gasteiger partial charge in [0.15, 0.2) is 0 Å². The summed E-state index contributed by atoms with van der Waals surface area (Å²) < 4.78 is 27.9. The molecule has 2 rings (SSSR count). The van der Waals surface area contributed by atoms with Crippen molar-refractivity contribution in [3.8, 4) is 0 Å². The van der Waals surface area contributed by atoms with E-state index in [0.29, 0.717) is 8.95 Å². The molecule has 8 heteroatoms. The normalized spacial score (nSPS) is 23.4. The summed E-state index contributed by atoms with van der Waals surface area (Å²) in [6.07, 6.45) is 0. The molecule has 21 heavy (non-hydrogen) atoms. The quantitative estimate of drug-likeness (QED) is 0.784. The number of carbonyl (C=O) groups is 1. The lowest BCUT2D eigenvalue weighted by Gasteiger charge is -2.18. The molecule has 0 spiro atoms. The van der Waals surface area contributed by atoms with Gasteiger partial charge < -0.3 is 5.11 Å². The number of aliphatic carboxylic acids is 1. The molecule has 1 aliphatic heterocycles. The summed E-state index contributed by atoms with van der Waals surface area (Å²) in [6, 6.07) is 3.28. The molecule has 1 heterocycles. The molecule has 0 unspecified atom stereocenters. The van der Waals surface area contributed by atoms with Crippen molar-refractivity contribution in [3.63, 3.8) is 0 Å². The van der Waals surface area contributed by atoms with Crippen LogP contribution in [0.15, 0.2) is 26.0 Å². The van der Waals surface area contributed by atoms with E-state index in [1.165, 1.54) is 4.31 Å². The van der Waals surface area contributed by atoms with Gasteiger partial charge in [-0.25, -0.2) is 8.42 Å². The van der Waals surface area contributed by atoms with Gasteiger partial charge in [0, 0.05) is 22.0 Å². The number of halogens is 2. The van der Waals surface area contributed by atoms with Gasteiger partial charge in [0.2, 0.25) is 10.0 Å². The van der Waals surface area contributed by atoms with Gasteiger partial charge in [-0.2, -0.15) is 4.31 Å². The van der Waals surface area contributed by atoms with Crippen LogP contribution in [0, 0.1) is 18.8 Å². The van der Waals surface area contributed by atoms with Crippen LogP contribution in [0.25, 0.3) is 0 Å². The monoisotopic (exact) mass is 439 g/mol. The van der Waals surface area contributed by atoms with E-state index < -0.39 is 21.9 Å². The first-order valence-electron chi connectivity index (χ1n) is 6.33. The van der Waals surface area contributed by atoms with Crippen LogP contribution in [0.3, 0.4) is 0 Å². The molecule has 0 radical (unpaired) electrons. The zero-order chi connectivity index (χ0) is 15.9. The van der Waals surface area contributed by atoms with Crippen LogP contribution in [0.2, 0.25) is 0 Å². The Labute approximate surface area is 140 Å². The number of nitrogens with zero attached hydrogens (tertiary/aromatic N) is 1. The molecule has 2 atom stereocenters. The zero-order valence-corrected chi connectivity index (χ0v) is 15.5. The van der Waals surface area contributed by atoms with Crippen molar-refractivity contribution < 1.29 is 18.3 Å². The highest BCUT2D eigenvalue weighted by Gasteiger charge is 2.41. The Balaban J connectivity index is 2.40. The summed E-state index contributed by atoms with van der Waals surface area (Å²) in [5.74, 6) is -1.82. The molecule has 0 bridgehead atoms. The van der Waals surface area contributed by atoms with Gasteiger partial charge in [-0.1, -0.05) is 22.9 Å². The molecule has 1 aromatic rings. The first kappa shape index (κ1) is 16.9. The minimum Gasteiger partial charge on any atom is -0.481 e. The maximum atomic E-state index is 12.7. The minimum atomic E-state index is -3.71. The van der Waals surface area contributed by atoms with Gasteiger partial charge in [0.1, 0.15) is 0 Å². The van der Waals surface area contributed by atoms with E-state index in [-0.39, 0.29) is 23.9 Å². The van der Waals surface area contributed by atoms with Crippen LogP contribution in [-0.4, -0.2) is 36.9 Å². The van der Waals surface area contributed by atoms with Crippen molar-refractivity contribution in [2.45, 2.75) is 18.7 Å². The first-order valence-corrected chi connectivity index (χ1v) is 9.35. The van der Waals surface area contributed by atoms with Crippen molar-refractivity contribution in [2.24, 2.45) is 11.8 Å². The minimum absolute atomic E-state index is 0.0107. The van der Waals surface area contributed by atoms with Gasteiger partial charge >= 0.3 is 5.97 Å². The summed E-state index contributed by atoms with van der Waals surface area (Å²) in [5, 5.41) is 9.13. The van der Waals surface area contributed by atoms with E-state index in [2.05, 4.69) is 31.9 Å². The fraction of sp³-hybridized carbons (Fsp3) is 0.462. The van der Waals surface area contributed by atoms with E-state index >= 15 is 0 Å². The summed E-state index contributed by atoms with van der Waals surface area (Å²) in [7, 11) is -3.71. The molecule has 116 valence electrons. The Morgan fingerprint density at radius 1 is 1.29 bits per heavy atom. The third kappa shape index (κ3) is 3.18. The summed E-state index contributed by atoms with van der Waals surface area (Å²) in [6.45, 7) is 3.85. The fourth-order valence-electron chi connectivity index (χ4n) is 2.40. The number of rotatable bonds is 3. The lowest BCUT2D eigenvalue weighted by molar-refractivity contribution is -0.142. The van der Waals surface area contributed by atoms with Gasteiger partial charge in [-0.3, -0.25) is 4.79 Å². The molecule has 5 nitrogen and oxygen atoms in total. The number of carboxylic acids is 1. The number of hydrogen-bond acceptors (Lipinski definition) is 3. The predicted molar refractivity (Wildman–Crippen MR) is 85.6 cm³/mol.